The summed E-state index contributed by atoms with van der Waals surface area (Å²) in [6.07, 6.45) is 5.36. The normalized spacial score (nSPS) is 14.0. The van der Waals surface area contributed by atoms with Crippen molar-refractivity contribution < 1.29 is 17.3 Å². The van der Waals surface area contributed by atoms with Gasteiger partial charge in [-0.15, -0.1) is 0 Å². The summed E-state index contributed by atoms with van der Waals surface area (Å²) in [4.78, 5) is 4.62. The lowest BCUT2D eigenvalue weighted by Gasteiger charge is -2.01. The Morgan fingerprint density at radius 2 is 1.64 bits per heavy atom. The fraction of sp³-hybridized carbons (Fsp3) is 0.308. The molecule has 0 amide bonds. The molecule has 1 aliphatic rings. The van der Waals surface area contributed by atoms with Gasteiger partial charge < -0.3 is 17.3 Å². The summed E-state index contributed by atoms with van der Waals surface area (Å²) in [6, 6.07) is 8.58. The SMILES string of the molecule is Brc1ccc(Sc2sc3c([s+]2)CCCC3)cc1.F[B-](F)(F)F. The maximum atomic E-state index is 9.75. The van der Waals surface area contributed by atoms with E-state index >= 15 is 0 Å². The molecular formula is C13H12BBrF4S3. The first kappa shape index (κ1) is 18.2. The van der Waals surface area contributed by atoms with E-state index in [2.05, 4.69) is 40.2 Å². The average Bonchev–Trinajstić information content (AvgIpc) is 2.82. The van der Waals surface area contributed by atoms with Crippen molar-refractivity contribution in [2.45, 2.75) is 34.1 Å². The topological polar surface area (TPSA) is 0 Å². The van der Waals surface area contributed by atoms with Gasteiger partial charge in [0.2, 0.25) is 0 Å². The van der Waals surface area contributed by atoms with E-state index in [-0.39, 0.29) is 0 Å². The van der Waals surface area contributed by atoms with Crippen LogP contribution in [0.15, 0.2) is 37.2 Å². The minimum atomic E-state index is -6.00. The Morgan fingerprint density at radius 1 is 1.05 bits per heavy atom. The highest BCUT2D eigenvalue weighted by Crippen LogP contribution is 2.42. The van der Waals surface area contributed by atoms with Crippen molar-refractivity contribution in [3.8, 4) is 0 Å². The molecule has 1 aromatic heterocycles. The fourth-order valence-electron chi connectivity index (χ4n) is 1.93. The summed E-state index contributed by atoms with van der Waals surface area (Å²) in [5.74, 6) is 0. The van der Waals surface area contributed by atoms with Crippen molar-refractivity contribution in [3.05, 3.63) is 38.5 Å². The van der Waals surface area contributed by atoms with Crippen LogP contribution in [-0.4, -0.2) is 7.25 Å². The molecule has 2 aromatic rings. The molecule has 0 bridgehead atoms. The molecule has 0 saturated heterocycles. The van der Waals surface area contributed by atoms with Gasteiger partial charge in [0.1, 0.15) is 9.75 Å². The van der Waals surface area contributed by atoms with Gasteiger partial charge in [-0.1, -0.05) is 15.9 Å². The van der Waals surface area contributed by atoms with E-state index in [0.717, 1.165) is 4.47 Å². The molecule has 0 atom stereocenters. The Morgan fingerprint density at radius 3 is 2.23 bits per heavy atom. The Balaban J connectivity index is 0.000000309. The van der Waals surface area contributed by atoms with E-state index in [4.69, 9.17) is 0 Å². The molecule has 0 spiro atoms. The van der Waals surface area contributed by atoms with Crippen molar-refractivity contribution in [2.24, 2.45) is 0 Å². The van der Waals surface area contributed by atoms with Gasteiger partial charge in [0.15, 0.2) is 0 Å². The molecule has 1 aromatic carbocycles. The van der Waals surface area contributed by atoms with Crippen LogP contribution in [-0.2, 0) is 12.8 Å². The van der Waals surface area contributed by atoms with Crippen molar-refractivity contribution in [1.82, 2.24) is 0 Å². The number of aryl methyl sites for hydroxylation is 2. The van der Waals surface area contributed by atoms with E-state index in [1.807, 2.05) is 34.4 Å². The highest BCUT2D eigenvalue weighted by Gasteiger charge is 2.25. The third-order valence-electron chi connectivity index (χ3n) is 2.80. The van der Waals surface area contributed by atoms with Gasteiger partial charge in [-0.2, -0.15) is 0 Å². The van der Waals surface area contributed by atoms with Crippen LogP contribution in [0.25, 0.3) is 0 Å². The summed E-state index contributed by atoms with van der Waals surface area (Å²) < 4.78 is 41.6. The lowest BCUT2D eigenvalue weighted by atomic mass is 10.1. The molecule has 0 saturated carbocycles. The third kappa shape index (κ3) is 6.56. The second-order valence-electron chi connectivity index (χ2n) is 4.56. The van der Waals surface area contributed by atoms with Crippen LogP contribution < -0.4 is 0 Å². The molecule has 0 fully saturated rings. The van der Waals surface area contributed by atoms with Crippen molar-refractivity contribution in [1.29, 1.82) is 0 Å². The molecule has 0 aliphatic heterocycles. The quantitative estimate of drug-likeness (QED) is 0.276. The van der Waals surface area contributed by atoms with Crippen molar-refractivity contribution in [3.63, 3.8) is 0 Å². The molecule has 1 aliphatic carbocycles. The molecule has 22 heavy (non-hydrogen) atoms. The number of halogens is 5. The first-order valence-corrected chi connectivity index (χ1v) is 9.81. The van der Waals surface area contributed by atoms with Gasteiger partial charge >= 0.3 is 10.8 Å². The number of hydrogen-bond acceptors (Lipinski definition) is 2. The largest absolute Gasteiger partial charge is 0.673 e. The van der Waals surface area contributed by atoms with Gasteiger partial charge in [0.05, 0.1) is 22.7 Å². The van der Waals surface area contributed by atoms with E-state index < -0.39 is 7.25 Å². The lowest BCUT2D eigenvalue weighted by molar-refractivity contribution is 0.368. The Bertz CT molecular complexity index is 583. The van der Waals surface area contributed by atoms with Crippen LogP contribution in [0.2, 0.25) is 0 Å². The van der Waals surface area contributed by atoms with Gasteiger partial charge in [0, 0.05) is 22.2 Å². The standard InChI is InChI=1S/C13H12BrS3.BF4/c14-9-5-7-10(8-6-9)15-13-16-11-3-1-2-4-12(11)17-13;2-1(3,4)5/h5-8H,1-4H2;/q+1;-1. The minimum absolute atomic E-state index is 1.15. The molecule has 9 heteroatoms. The highest BCUT2D eigenvalue weighted by molar-refractivity contribution is 9.10. The van der Waals surface area contributed by atoms with Crippen molar-refractivity contribution in [2.75, 3.05) is 0 Å². The molecule has 120 valence electrons. The average molecular weight is 431 g/mol. The van der Waals surface area contributed by atoms with Crippen LogP contribution in [0, 0.1) is 0 Å². The summed E-state index contributed by atoms with van der Waals surface area (Å²) in [6.45, 7) is 0. The van der Waals surface area contributed by atoms with Gasteiger partial charge in [-0.25, -0.2) is 0 Å². The molecule has 0 N–H and O–H groups in total. The van der Waals surface area contributed by atoms with E-state index in [0.29, 0.717) is 0 Å². The van der Waals surface area contributed by atoms with Crippen LogP contribution in [0.4, 0.5) is 17.3 Å². The minimum Gasteiger partial charge on any atom is -0.418 e. The Hall–Kier alpha value is -0.115. The van der Waals surface area contributed by atoms with Crippen LogP contribution in [0.5, 0.6) is 0 Å². The molecule has 0 radical (unpaired) electrons. The summed E-state index contributed by atoms with van der Waals surface area (Å²) in [5, 5.41) is 0. The zero-order chi connectivity index (χ0) is 16.2. The highest BCUT2D eigenvalue weighted by atomic mass is 79.9. The van der Waals surface area contributed by atoms with Gasteiger partial charge in [-0.3, -0.25) is 0 Å². The van der Waals surface area contributed by atoms with Crippen LogP contribution in [0.3, 0.4) is 0 Å². The number of rotatable bonds is 2. The lowest BCUT2D eigenvalue weighted by Crippen LogP contribution is -2.02. The van der Waals surface area contributed by atoms with E-state index in [1.165, 1.54) is 34.1 Å². The molecular weight excluding hydrogens is 419 g/mol. The van der Waals surface area contributed by atoms with Crippen LogP contribution in [0.1, 0.15) is 22.6 Å². The Kier molecular flexibility index (Phi) is 6.73. The van der Waals surface area contributed by atoms with Crippen LogP contribution >= 0.6 is 50.4 Å². The first-order valence-electron chi connectivity index (χ1n) is 6.57. The summed E-state index contributed by atoms with van der Waals surface area (Å²) in [7, 11) is -6.00. The zero-order valence-electron chi connectivity index (χ0n) is 11.3. The smallest absolute Gasteiger partial charge is 0.418 e. The summed E-state index contributed by atoms with van der Waals surface area (Å²) in [5.41, 5.74) is 0. The first-order chi connectivity index (χ1) is 10.3. The monoisotopic (exact) mass is 430 g/mol. The zero-order valence-corrected chi connectivity index (χ0v) is 15.4. The van der Waals surface area contributed by atoms with Gasteiger partial charge in [-0.05, 0) is 48.9 Å². The van der Waals surface area contributed by atoms with Crippen molar-refractivity contribution >= 4 is 57.6 Å². The third-order valence-corrected chi connectivity index (χ3v) is 7.36. The number of benzene rings is 1. The van der Waals surface area contributed by atoms with E-state index in [9.17, 15) is 17.3 Å². The number of fused-ring (bicyclic) bond motifs is 1. The second kappa shape index (κ2) is 8.12. The molecule has 0 nitrogen and oxygen atoms in total. The molecule has 1 heterocycles. The fourth-order valence-corrected chi connectivity index (χ4v) is 6.52. The predicted molar refractivity (Wildman–Crippen MR) is 91.7 cm³/mol. The van der Waals surface area contributed by atoms with E-state index in [1.54, 1.807) is 9.75 Å². The molecule has 3 rings (SSSR count). The maximum absolute atomic E-state index is 9.75. The predicted octanol–water partition coefficient (Wildman–Crippen LogP) is 7.18. The second-order valence-corrected chi connectivity index (χ2v) is 9.54. The molecule has 0 unspecified atom stereocenters. The number of hydrogen-bond donors (Lipinski definition) is 0. The summed E-state index contributed by atoms with van der Waals surface area (Å²) >= 11 is 9.39. The van der Waals surface area contributed by atoms with Gasteiger partial charge in [0.25, 0.3) is 0 Å². The maximum Gasteiger partial charge on any atom is 0.673 e. The Labute approximate surface area is 147 Å².